The molecule has 1 amide bonds. The minimum absolute atomic E-state index is 0.129. The van der Waals surface area contributed by atoms with Crippen molar-refractivity contribution in [1.82, 2.24) is 10.3 Å². The van der Waals surface area contributed by atoms with Gasteiger partial charge in [-0.1, -0.05) is 38.3 Å². The van der Waals surface area contributed by atoms with Crippen LogP contribution in [0.1, 0.15) is 50.9 Å². The lowest BCUT2D eigenvalue weighted by Crippen LogP contribution is -2.37. The molecule has 0 saturated carbocycles. The van der Waals surface area contributed by atoms with Gasteiger partial charge < -0.3 is 10.6 Å². The summed E-state index contributed by atoms with van der Waals surface area (Å²) in [6.07, 6.45) is 3.60. The van der Waals surface area contributed by atoms with Gasteiger partial charge in [0.05, 0.1) is 10.6 Å². The molecule has 1 rings (SSSR count). The molecule has 1 heterocycles. The Kier molecular flexibility index (Phi) is 6.79. The topological polar surface area (TPSA) is 54.0 Å². The molecule has 0 aromatic carbocycles. The third-order valence-corrected chi connectivity index (χ3v) is 3.87. The first-order chi connectivity index (χ1) is 9.53. The molecule has 1 unspecified atom stereocenters. The fraction of sp³-hybridized carbons (Fsp3) is 0.600. The number of halogens is 1. The molecule has 1 aromatic rings. The fourth-order valence-electron chi connectivity index (χ4n) is 2.29. The summed E-state index contributed by atoms with van der Waals surface area (Å²) in [6.45, 7) is 9.04. The molecule has 0 aliphatic heterocycles. The van der Waals surface area contributed by atoms with E-state index in [1.54, 1.807) is 6.07 Å². The molecular weight excluding hydrogens is 274 g/mol. The molecule has 0 aliphatic carbocycles. The lowest BCUT2D eigenvalue weighted by atomic mass is 9.95. The molecular formula is C15H24ClN3O. The van der Waals surface area contributed by atoms with Crippen molar-refractivity contribution in [2.75, 3.05) is 11.9 Å². The van der Waals surface area contributed by atoms with Gasteiger partial charge in [0.2, 0.25) is 0 Å². The van der Waals surface area contributed by atoms with E-state index in [0.717, 1.165) is 19.4 Å². The highest BCUT2D eigenvalue weighted by Crippen LogP contribution is 2.19. The van der Waals surface area contributed by atoms with E-state index < -0.39 is 0 Å². The molecule has 20 heavy (non-hydrogen) atoms. The summed E-state index contributed by atoms with van der Waals surface area (Å²) < 4.78 is 0. The van der Waals surface area contributed by atoms with Crippen molar-refractivity contribution in [3.63, 3.8) is 0 Å². The summed E-state index contributed by atoms with van der Waals surface area (Å²) in [5, 5.41) is 6.48. The Labute approximate surface area is 126 Å². The average Bonchev–Trinajstić information content (AvgIpc) is 2.42. The van der Waals surface area contributed by atoms with Crippen molar-refractivity contribution in [2.24, 2.45) is 5.92 Å². The number of carbonyl (C=O) groups excluding carboxylic acids is 1. The number of amides is 1. The number of anilines is 1. The highest BCUT2D eigenvalue weighted by atomic mass is 35.5. The predicted molar refractivity (Wildman–Crippen MR) is 84.4 cm³/mol. The Bertz CT molecular complexity index is 447. The third kappa shape index (κ3) is 4.37. The second-order valence-corrected chi connectivity index (χ2v) is 5.33. The number of aromatic nitrogens is 1. The van der Waals surface area contributed by atoms with Crippen LogP contribution >= 0.6 is 11.6 Å². The first-order valence-electron chi connectivity index (χ1n) is 7.23. The maximum Gasteiger partial charge on any atom is 0.253 e. The Morgan fingerprint density at radius 2 is 2.00 bits per heavy atom. The highest BCUT2D eigenvalue weighted by Gasteiger charge is 2.18. The zero-order valence-electron chi connectivity index (χ0n) is 12.7. The molecule has 0 radical (unpaired) electrons. The van der Waals surface area contributed by atoms with E-state index in [1.165, 1.54) is 6.20 Å². The SMILES string of the molecule is CCNc1cc(C(=O)NC(C)C(CC)CC)c(Cl)cn1. The standard InChI is InChI=1S/C15H24ClN3O/c1-5-11(6-2)10(4)19-15(20)12-8-14(17-7-3)18-9-13(12)16/h8-11H,5-7H2,1-4H3,(H,17,18)(H,19,20). The van der Waals surface area contributed by atoms with Crippen LogP contribution < -0.4 is 10.6 Å². The van der Waals surface area contributed by atoms with Gasteiger partial charge in [0.1, 0.15) is 5.82 Å². The molecule has 1 atom stereocenters. The van der Waals surface area contributed by atoms with Crippen molar-refractivity contribution in [3.05, 3.63) is 22.8 Å². The number of nitrogens with one attached hydrogen (secondary N) is 2. The zero-order valence-corrected chi connectivity index (χ0v) is 13.4. The Morgan fingerprint density at radius 3 is 2.55 bits per heavy atom. The summed E-state index contributed by atoms with van der Waals surface area (Å²) in [5.74, 6) is 1.00. The van der Waals surface area contributed by atoms with Gasteiger partial charge in [-0.3, -0.25) is 4.79 Å². The van der Waals surface area contributed by atoms with Gasteiger partial charge >= 0.3 is 0 Å². The van der Waals surface area contributed by atoms with Crippen LogP contribution in [0, 0.1) is 5.92 Å². The summed E-state index contributed by atoms with van der Waals surface area (Å²) in [5.41, 5.74) is 0.468. The zero-order chi connectivity index (χ0) is 15.1. The quantitative estimate of drug-likeness (QED) is 0.806. The van der Waals surface area contributed by atoms with Crippen molar-refractivity contribution in [3.8, 4) is 0 Å². The molecule has 1 aromatic heterocycles. The second kappa shape index (κ2) is 8.10. The first kappa shape index (κ1) is 16.8. The van der Waals surface area contributed by atoms with Crippen LogP contribution in [0.2, 0.25) is 5.02 Å². The maximum absolute atomic E-state index is 12.3. The Hall–Kier alpha value is -1.29. The summed E-state index contributed by atoms with van der Waals surface area (Å²) in [6, 6.07) is 1.82. The Morgan fingerprint density at radius 1 is 1.35 bits per heavy atom. The number of pyridine rings is 1. The van der Waals surface area contributed by atoms with Crippen LogP contribution in [-0.4, -0.2) is 23.5 Å². The van der Waals surface area contributed by atoms with Crippen LogP contribution in [0.5, 0.6) is 0 Å². The van der Waals surface area contributed by atoms with Gasteiger partial charge in [-0.25, -0.2) is 4.98 Å². The molecule has 0 saturated heterocycles. The Balaban J connectivity index is 2.83. The molecule has 2 N–H and O–H groups in total. The minimum atomic E-state index is -0.143. The number of rotatable bonds is 7. The minimum Gasteiger partial charge on any atom is -0.370 e. The third-order valence-electron chi connectivity index (χ3n) is 3.57. The van der Waals surface area contributed by atoms with Crippen LogP contribution in [0.15, 0.2) is 12.3 Å². The molecule has 5 heteroatoms. The van der Waals surface area contributed by atoms with E-state index in [-0.39, 0.29) is 11.9 Å². The van der Waals surface area contributed by atoms with Crippen molar-refractivity contribution >= 4 is 23.3 Å². The first-order valence-corrected chi connectivity index (χ1v) is 7.61. The van der Waals surface area contributed by atoms with Gasteiger partial charge in [0, 0.05) is 18.8 Å². The monoisotopic (exact) mass is 297 g/mol. The van der Waals surface area contributed by atoms with Crippen molar-refractivity contribution in [2.45, 2.75) is 46.6 Å². The van der Waals surface area contributed by atoms with Gasteiger partial charge in [-0.2, -0.15) is 0 Å². The van der Waals surface area contributed by atoms with Crippen molar-refractivity contribution < 1.29 is 4.79 Å². The van der Waals surface area contributed by atoms with Gasteiger partial charge in [0.15, 0.2) is 0 Å². The smallest absolute Gasteiger partial charge is 0.253 e. The van der Waals surface area contributed by atoms with Crippen LogP contribution in [0.25, 0.3) is 0 Å². The van der Waals surface area contributed by atoms with Gasteiger partial charge in [-0.15, -0.1) is 0 Å². The van der Waals surface area contributed by atoms with Crippen molar-refractivity contribution in [1.29, 1.82) is 0 Å². The lowest BCUT2D eigenvalue weighted by Gasteiger charge is -2.22. The van der Waals surface area contributed by atoms with Gasteiger partial charge in [-0.05, 0) is 25.8 Å². The summed E-state index contributed by atoms with van der Waals surface area (Å²) in [7, 11) is 0. The fourth-order valence-corrected chi connectivity index (χ4v) is 2.48. The number of hydrogen-bond donors (Lipinski definition) is 2. The van der Waals surface area contributed by atoms with Gasteiger partial charge in [0.25, 0.3) is 5.91 Å². The second-order valence-electron chi connectivity index (χ2n) is 4.92. The summed E-state index contributed by atoms with van der Waals surface area (Å²) in [4.78, 5) is 16.5. The van der Waals surface area contributed by atoms with E-state index in [4.69, 9.17) is 11.6 Å². The van der Waals surface area contributed by atoms with Crippen LogP contribution in [-0.2, 0) is 0 Å². The van der Waals surface area contributed by atoms with Crippen LogP contribution in [0.3, 0.4) is 0 Å². The largest absolute Gasteiger partial charge is 0.370 e. The van der Waals surface area contributed by atoms with Crippen LogP contribution in [0.4, 0.5) is 5.82 Å². The number of nitrogens with zero attached hydrogens (tertiary/aromatic N) is 1. The van der Waals surface area contributed by atoms with E-state index in [0.29, 0.717) is 22.3 Å². The van der Waals surface area contributed by atoms with E-state index in [9.17, 15) is 4.79 Å². The molecule has 0 spiro atoms. The molecule has 4 nitrogen and oxygen atoms in total. The summed E-state index contributed by atoms with van der Waals surface area (Å²) >= 11 is 6.07. The molecule has 112 valence electrons. The van der Waals surface area contributed by atoms with E-state index in [2.05, 4.69) is 29.5 Å². The predicted octanol–water partition coefficient (Wildman–Crippen LogP) is 3.72. The maximum atomic E-state index is 12.3. The normalized spacial score (nSPS) is 12.3. The molecule has 0 fully saturated rings. The molecule has 0 bridgehead atoms. The molecule has 0 aliphatic rings. The van der Waals surface area contributed by atoms with E-state index >= 15 is 0 Å². The average molecular weight is 298 g/mol. The highest BCUT2D eigenvalue weighted by molar-refractivity contribution is 6.33. The number of hydrogen-bond acceptors (Lipinski definition) is 3. The van der Waals surface area contributed by atoms with E-state index in [1.807, 2.05) is 13.8 Å². The number of carbonyl (C=O) groups is 1. The lowest BCUT2D eigenvalue weighted by molar-refractivity contribution is 0.0925.